The molecule has 0 aromatic carbocycles. The minimum atomic E-state index is -1.08. The van der Waals surface area contributed by atoms with Gasteiger partial charge in [0.05, 0.1) is 21.3 Å². The van der Waals surface area contributed by atoms with Gasteiger partial charge in [-0.3, -0.25) is 5.26 Å². The first-order valence-corrected chi connectivity index (χ1v) is 6.34. The van der Waals surface area contributed by atoms with Gasteiger partial charge in [0.15, 0.2) is 6.23 Å². The summed E-state index contributed by atoms with van der Waals surface area (Å²) in [6.45, 7) is 1.38. The minimum Gasteiger partial charge on any atom is -0.466 e. The van der Waals surface area contributed by atoms with Crippen LogP contribution in [0.15, 0.2) is 23.5 Å². The van der Waals surface area contributed by atoms with Crippen LogP contribution < -0.4 is 0 Å². The Balaban J connectivity index is 3.33. The number of hydrogen-bond acceptors (Lipinski definition) is 10. The van der Waals surface area contributed by atoms with Crippen molar-refractivity contribution in [2.75, 3.05) is 21.3 Å². The molecule has 0 spiro atoms. The Morgan fingerprint density at radius 3 is 2.26 bits per heavy atom. The SMILES string of the molecule is COC(=O)/C=C\C1C(C(=O)OC)=C(C(=O)OC)ON1C(C)OO. The second-order valence-electron chi connectivity index (χ2n) is 4.21. The van der Waals surface area contributed by atoms with Crippen molar-refractivity contribution < 1.29 is 43.6 Å². The molecule has 1 heterocycles. The zero-order valence-corrected chi connectivity index (χ0v) is 13.0. The van der Waals surface area contributed by atoms with Gasteiger partial charge in [0, 0.05) is 6.08 Å². The van der Waals surface area contributed by atoms with E-state index in [0.717, 1.165) is 25.4 Å². The third kappa shape index (κ3) is 4.06. The molecule has 0 aromatic heterocycles. The highest BCUT2D eigenvalue weighted by Gasteiger charge is 2.44. The average molecular weight is 331 g/mol. The summed E-state index contributed by atoms with van der Waals surface area (Å²) in [5.41, 5.74) is -0.219. The van der Waals surface area contributed by atoms with Crippen LogP contribution in [0.5, 0.6) is 0 Å². The largest absolute Gasteiger partial charge is 0.466 e. The van der Waals surface area contributed by atoms with Gasteiger partial charge in [0.1, 0.15) is 11.6 Å². The molecule has 10 heteroatoms. The van der Waals surface area contributed by atoms with Gasteiger partial charge in [-0.05, 0) is 6.92 Å². The zero-order chi connectivity index (χ0) is 17.6. The van der Waals surface area contributed by atoms with E-state index in [4.69, 9.17) is 10.1 Å². The van der Waals surface area contributed by atoms with Crippen LogP contribution in [-0.4, -0.2) is 61.8 Å². The molecule has 23 heavy (non-hydrogen) atoms. The van der Waals surface area contributed by atoms with Crippen LogP contribution in [0, 0.1) is 0 Å². The van der Waals surface area contributed by atoms with Crippen molar-refractivity contribution in [3.63, 3.8) is 0 Å². The van der Waals surface area contributed by atoms with E-state index in [1.54, 1.807) is 0 Å². The fourth-order valence-corrected chi connectivity index (χ4v) is 1.80. The molecule has 2 unspecified atom stereocenters. The monoisotopic (exact) mass is 331 g/mol. The lowest BCUT2D eigenvalue weighted by Gasteiger charge is -2.25. The van der Waals surface area contributed by atoms with Gasteiger partial charge < -0.3 is 19.0 Å². The molecule has 1 aliphatic heterocycles. The first-order valence-electron chi connectivity index (χ1n) is 6.34. The standard InChI is InChI=1S/C13H17NO9/c1-7(23-18)14-8(5-6-9(15)19-2)10(12(16)20-3)11(22-14)13(17)21-4/h5-8,18H,1-4H3/b6-5-. The van der Waals surface area contributed by atoms with Gasteiger partial charge in [0.25, 0.3) is 0 Å². The van der Waals surface area contributed by atoms with Gasteiger partial charge in [0.2, 0.25) is 5.76 Å². The summed E-state index contributed by atoms with van der Waals surface area (Å²) >= 11 is 0. The number of carbonyl (C=O) groups excluding carboxylic acids is 3. The molecule has 0 bridgehead atoms. The number of hydrogen-bond donors (Lipinski definition) is 1. The summed E-state index contributed by atoms with van der Waals surface area (Å²) in [5.74, 6) is -2.95. The number of hydroxylamine groups is 2. The van der Waals surface area contributed by atoms with Gasteiger partial charge in [-0.2, -0.15) is 0 Å². The Morgan fingerprint density at radius 2 is 1.78 bits per heavy atom. The summed E-state index contributed by atoms with van der Waals surface area (Å²) in [4.78, 5) is 44.4. The molecule has 0 radical (unpaired) electrons. The lowest BCUT2D eigenvalue weighted by atomic mass is 10.1. The summed E-state index contributed by atoms with van der Waals surface area (Å²) in [6.07, 6.45) is 1.17. The molecule has 1 rings (SSSR count). The number of methoxy groups -OCH3 is 3. The smallest absolute Gasteiger partial charge is 0.376 e. The predicted molar refractivity (Wildman–Crippen MR) is 72.1 cm³/mol. The number of rotatable bonds is 6. The van der Waals surface area contributed by atoms with E-state index in [9.17, 15) is 14.4 Å². The zero-order valence-electron chi connectivity index (χ0n) is 13.0. The molecule has 1 aliphatic rings. The Hall–Kier alpha value is -2.43. The molecule has 0 aliphatic carbocycles. The van der Waals surface area contributed by atoms with Crippen molar-refractivity contribution in [3.8, 4) is 0 Å². The molecule has 2 atom stereocenters. The van der Waals surface area contributed by atoms with Gasteiger partial charge in [-0.25, -0.2) is 19.3 Å². The summed E-state index contributed by atoms with van der Waals surface area (Å²) in [6, 6.07) is -1.06. The van der Waals surface area contributed by atoms with Crippen LogP contribution >= 0.6 is 0 Å². The Morgan fingerprint density at radius 1 is 1.17 bits per heavy atom. The van der Waals surface area contributed by atoms with Crippen molar-refractivity contribution in [1.82, 2.24) is 5.06 Å². The van der Waals surface area contributed by atoms with Crippen LogP contribution in [0.25, 0.3) is 0 Å². The van der Waals surface area contributed by atoms with E-state index in [1.807, 2.05) is 0 Å². The van der Waals surface area contributed by atoms with Gasteiger partial charge in [-0.15, -0.1) is 0 Å². The second kappa shape index (κ2) is 8.27. The van der Waals surface area contributed by atoms with E-state index < -0.39 is 35.9 Å². The van der Waals surface area contributed by atoms with Crippen molar-refractivity contribution in [3.05, 3.63) is 23.5 Å². The minimum absolute atomic E-state index is 0.219. The van der Waals surface area contributed by atoms with Crippen molar-refractivity contribution in [2.24, 2.45) is 0 Å². The maximum absolute atomic E-state index is 12.0. The highest BCUT2D eigenvalue weighted by molar-refractivity contribution is 6.01. The van der Waals surface area contributed by atoms with Gasteiger partial charge >= 0.3 is 17.9 Å². The molecule has 0 amide bonds. The Bertz CT molecular complexity index is 540. The number of carbonyl (C=O) groups is 3. The predicted octanol–water partition coefficient (Wildman–Crippen LogP) is -0.233. The van der Waals surface area contributed by atoms with Crippen LogP contribution in [0.3, 0.4) is 0 Å². The van der Waals surface area contributed by atoms with Crippen LogP contribution in [0.4, 0.5) is 0 Å². The van der Waals surface area contributed by atoms with E-state index in [1.165, 1.54) is 20.1 Å². The molecule has 0 saturated carbocycles. The Kier molecular flexibility index (Phi) is 6.69. The lowest BCUT2D eigenvalue weighted by Crippen LogP contribution is -2.39. The van der Waals surface area contributed by atoms with E-state index >= 15 is 0 Å². The quantitative estimate of drug-likeness (QED) is 0.229. The van der Waals surface area contributed by atoms with Crippen LogP contribution in [0.1, 0.15) is 6.92 Å². The highest BCUT2D eigenvalue weighted by atomic mass is 17.1. The van der Waals surface area contributed by atoms with E-state index in [2.05, 4.69) is 19.1 Å². The summed E-state index contributed by atoms with van der Waals surface area (Å²) < 4.78 is 13.6. The maximum Gasteiger partial charge on any atom is 0.376 e. The van der Waals surface area contributed by atoms with E-state index in [-0.39, 0.29) is 5.57 Å². The fourth-order valence-electron chi connectivity index (χ4n) is 1.80. The molecular weight excluding hydrogens is 314 g/mol. The topological polar surface area (TPSA) is 121 Å². The molecule has 0 fully saturated rings. The molecule has 128 valence electrons. The number of nitrogens with zero attached hydrogens (tertiary/aromatic N) is 1. The van der Waals surface area contributed by atoms with Crippen molar-refractivity contribution >= 4 is 17.9 Å². The summed E-state index contributed by atoms with van der Waals surface area (Å²) in [5, 5.41) is 9.78. The van der Waals surface area contributed by atoms with Crippen molar-refractivity contribution in [2.45, 2.75) is 19.2 Å². The van der Waals surface area contributed by atoms with Crippen molar-refractivity contribution in [1.29, 1.82) is 0 Å². The molecular formula is C13H17NO9. The molecule has 10 nitrogen and oxygen atoms in total. The van der Waals surface area contributed by atoms with Crippen LogP contribution in [0.2, 0.25) is 0 Å². The first-order chi connectivity index (χ1) is 10.9. The third-order valence-corrected chi connectivity index (χ3v) is 2.91. The molecule has 1 N–H and O–H groups in total. The van der Waals surface area contributed by atoms with Gasteiger partial charge in [-0.1, -0.05) is 11.1 Å². The summed E-state index contributed by atoms with van der Waals surface area (Å²) in [7, 11) is 3.38. The fraction of sp³-hybridized carbons (Fsp3) is 0.462. The first kappa shape index (κ1) is 18.6. The normalized spacial score (nSPS) is 19.4. The molecule has 0 saturated heterocycles. The maximum atomic E-state index is 12.0. The van der Waals surface area contributed by atoms with E-state index in [0.29, 0.717) is 0 Å². The average Bonchev–Trinajstić information content (AvgIpc) is 2.96. The number of ether oxygens (including phenoxy) is 3. The highest BCUT2D eigenvalue weighted by Crippen LogP contribution is 2.31. The lowest BCUT2D eigenvalue weighted by molar-refractivity contribution is -0.353. The third-order valence-electron chi connectivity index (χ3n) is 2.91. The van der Waals surface area contributed by atoms with Crippen LogP contribution in [-0.2, 0) is 38.3 Å². The number of esters is 3. The Labute approximate surface area is 131 Å². The molecule has 0 aromatic rings. The second-order valence-corrected chi connectivity index (χ2v) is 4.21.